The third-order valence-electron chi connectivity index (χ3n) is 2.87. The topological polar surface area (TPSA) is 37.9 Å². The van der Waals surface area contributed by atoms with Crippen LogP contribution in [0.5, 0.6) is 5.75 Å². The molecule has 19 heavy (non-hydrogen) atoms. The number of benzene rings is 2. The van der Waals surface area contributed by atoms with Crippen LogP contribution in [0.2, 0.25) is 5.02 Å². The molecule has 5 heteroatoms. The molecule has 0 aliphatic carbocycles. The van der Waals surface area contributed by atoms with Crippen LogP contribution >= 0.6 is 11.6 Å². The molecule has 1 heterocycles. The average Bonchev–Trinajstić information content (AvgIpc) is 2.82. The molecule has 3 aromatic rings. The molecule has 0 bridgehead atoms. The number of rotatable bonds is 2. The van der Waals surface area contributed by atoms with Gasteiger partial charge in [-0.1, -0.05) is 11.6 Å². The number of nitrogens with zero attached hydrogens (tertiary/aromatic N) is 1. The predicted molar refractivity (Wildman–Crippen MR) is 73.0 cm³/mol. The molecule has 0 atom stereocenters. The summed E-state index contributed by atoms with van der Waals surface area (Å²) in [6.45, 7) is 0. The van der Waals surface area contributed by atoms with Crippen molar-refractivity contribution in [1.29, 1.82) is 0 Å². The zero-order valence-electron chi connectivity index (χ0n) is 10.1. The Morgan fingerprint density at radius 1 is 1.21 bits per heavy atom. The zero-order chi connectivity index (χ0) is 13.4. The van der Waals surface area contributed by atoms with Crippen molar-refractivity contribution in [3.8, 4) is 17.1 Å². The SMILES string of the molecule is COc1cc(-c2nc3ccc(Cl)cc3[nH]2)ccc1F. The highest BCUT2D eigenvalue weighted by molar-refractivity contribution is 6.31. The molecule has 0 aliphatic rings. The van der Waals surface area contributed by atoms with Gasteiger partial charge in [0, 0.05) is 10.6 Å². The number of hydrogen-bond donors (Lipinski definition) is 1. The van der Waals surface area contributed by atoms with Gasteiger partial charge in [-0.05, 0) is 36.4 Å². The van der Waals surface area contributed by atoms with Gasteiger partial charge in [0.05, 0.1) is 18.1 Å². The van der Waals surface area contributed by atoms with Gasteiger partial charge in [0.15, 0.2) is 11.6 Å². The maximum absolute atomic E-state index is 13.4. The summed E-state index contributed by atoms with van der Waals surface area (Å²) in [5.41, 5.74) is 2.40. The Balaban J connectivity index is 2.13. The van der Waals surface area contributed by atoms with E-state index in [9.17, 15) is 4.39 Å². The summed E-state index contributed by atoms with van der Waals surface area (Å²) < 4.78 is 18.3. The lowest BCUT2D eigenvalue weighted by Crippen LogP contribution is -1.89. The maximum Gasteiger partial charge on any atom is 0.165 e. The minimum atomic E-state index is -0.398. The Labute approximate surface area is 114 Å². The van der Waals surface area contributed by atoms with Crippen molar-refractivity contribution in [2.75, 3.05) is 7.11 Å². The highest BCUT2D eigenvalue weighted by Crippen LogP contribution is 2.27. The zero-order valence-corrected chi connectivity index (χ0v) is 10.8. The van der Waals surface area contributed by atoms with Crippen LogP contribution in [0.1, 0.15) is 0 Å². The molecule has 0 unspecified atom stereocenters. The van der Waals surface area contributed by atoms with Crippen molar-refractivity contribution in [2.24, 2.45) is 0 Å². The number of ether oxygens (including phenoxy) is 1. The molecule has 2 aromatic carbocycles. The summed E-state index contributed by atoms with van der Waals surface area (Å²) in [5.74, 6) is 0.442. The summed E-state index contributed by atoms with van der Waals surface area (Å²) in [6.07, 6.45) is 0. The molecular weight excluding hydrogens is 267 g/mol. The monoisotopic (exact) mass is 276 g/mol. The van der Waals surface area contributed by atoms with Crippen LogP contribution in [0.3, 0.4) is 0 Å². The molecule has 96 valence electrons. The van der Waals surface area contributed by atoms with Gasteiger partial charge in [-0.25, -0.2) is 9.37 Å². The quantitative estimate of drug-likeness (QED) is 0.767. The Morgan fingerprint density at radius 3 is 2.84 bits per heavy atom. The van der Waals surface area contributed by atoms with Gasteiger partial charge in [-0.2, -0.15) is 0 Å². The normalized spacial score (nSPS) is 10.9. The van der Waals surface area contributed by atoms with Gasteiger partial charge >= 0.3 is 0 Å². The first-order valence-electron chi connectivity index (χ1n) is 5.66. The second-order valence-electron chi connectivity index (χ2n) is 4.10. The van der Waals surface area contributed by atoms with Gasteiger partial charge < -0.3 is 9.72 Å². The van der Waals surface area contributed by atoms with E-state index in [4.69, 9.17) is 16.3 Å². The Kier molecular flexibility index (Phi) is 2.87. The third-order valence-corrected chi connectivity index (χ3v) is 3.10. The molecule has 0 fully saturated rings. The molecule has 1 aromatic heterocycles. The number of halogens is 2. The van der Waals surface area contributed by atoms with Gasteiger partial charge in [0.2, 0.25) is 0 Å². The lowest BCUT2D eigenvalue weighted by atomic mass is 10.2. The minimum Gasteiger partial charge on any atom is -0.494 e. The molecule has 3 nitrogen and oxygen atoms in total. The van der Waals surface area contributed by atoms with Crippen LogP contribution in [0, 0.1) is 5.82 Å². The highest BCUT2D eigenvalue weighted by atomic mass is 35.5. The molecule has 1 N–H and O–H groups in total. The standard InChI is InChI=1S/C14H10ClFN2O/c1-19-13-6-8(2-4-10(13)16)14-17-11-5-3-9(15)7-12(11)18-14/h2-7H,1H3,(H,17,18). The number of aromatic nitrogens is 2. The van der Waals surface area contributed by atoms with Crippen molar-refractivity contribution < 1.29 is 9.13 Å². The summed E-state index contributed by atoms with van der Waals surface area (Å²) in [6, 6.07) is 10.0. The van der Waals surface area contributed by atoms with E-state index in [0.717, 1.165) is 16.6 Å². The minimum absolute atomic E-state index is 0.191. The van der Waals surface area contributed by atoms with Crippen molar-refractivity contribution >= 4 is 22.6 Å². The summed E-state index contributed by atoms with van der Waals surface area (Å²) in [7, 11) is 1.43. The summed E-state index contributed by atoms with van der Waals surface area (Å²) >= 11 is 5.93. The fourth-order valence-electron chi connectivity index (χ4n) is 1.93. The maximum atomic E-state index is 13.4. The second-order valence-corrected chi connectivity index (χ2v) is 4.53. The molecule has 0 spiro atoms. The second kappa shape index (κ2) is 4.55. The number of imidazole rings is 1. The molecule has 0 saturated carbocycles. The van der Waals surface area contributed by atoms with E-state index in [1.807, 2.05) is 6.07 Å². The van der Waals surface area contributed by atoms with Crippen LogP contribution in [0.15, 0.2) is 36.4 Å². The average molecular weight is 277 g/mol. The molecule has 0 saturated heterocycles. The largest absolute Gasteiger partial charge is 0.494 e. The number of fused-ring (bicyclic) bond motifs is 1. The lowest BCUT2D eigenvalue weighted by molar-refractivity contribution is 0.387. The van der Waals surface area contributed by atoms with E-state index in [2.05, 4.69) is 9.97 Å². The number of aromatic amines is 1. The number of H-pyrrole nitrogens is 1. The first-order chi connectivity index (χ1) is 9.17. The van der Waals surface area contributed by atoms with Crippen LogP contribution < -0.4 is 4.74 Å². The number of nitrogens with one attached hydrogen (secondary N) is 1. The Hall–Kier alpha value is -2.07. The lowest BCUT2D eigenvalue weighted by Gasteiger charge is -2.03. The van der Waals surface area contributed by atoms with E-state index in [1.54, 1.807) is 24.3 Å². The fourth-order valence-corrected chi connectivity index (χ4v) is 2.10. The Morgan fingerprint density at radius 2 is 2.05 bits per heavy atom. The number of hydrogen-bond acceptors (Lipinski definition) is 2. The first-order valence-corrected chi connectivity index (χ1v) is 6.04. The molecule has 0 radical (unpaired) electrons. The summed E-state index contributed by atoms with van der Waals surface area (Å²) in [4.78, 5) is 7.59. The van der Waals surface area contributed by atoms with E-state index >= 15 is 0 Å². The first kappa shape index (κ1) is 12.0. The van der Waals surface area contributed by atoms with Crippen molar-refractivity contribution in [1.82, 2.24) is 9.97 Å². The van der Waals surface area contributed by atoms with Crippen molar-refractivity contribution in [3.05, 3.63) is 47.2 Å². The van der Waals surface area contributed by atoms with Crippen molar-refractivity contribution in [2.45, 2.75) is 0 Å². The van der Waals surface area contributed by atoms with Crippen molar-refractivity contribution in [3.63, 3.8) is 0 Å². The van der Waals surface area contributed by atoms with Gasteiger partial charge in [0.25, 0.3) is 0 Å². The van der Waals surface area contributed by atoms with E-state index < -0.39 is 5.82 Å². The van der Waals surface area contributed by atoms with E-state index in [1.165, 1.54) is 13.2 Å². The predicted octanol–water partition coefficient (Wildman–Crippen LogP) is 4.03. The van der Waals surface area contributed by atoms with Crippen LogP contribution in [-0.2, 0) is 0 Å². The highest BCUT2D eigenvalue weighted by Gasteiger charge is 2.09. The van der Waals surface area contributed by atoms with E-state index in [-0.39, 0.29) is 5.75 Å². The Bertz CT molecular complexity index is 754. The molecule has 0 amide bonds. The van der Waals surface area contributed by atoms with Crippen LogP contribution in [0.25, 0.3) is 22.4 Å². The van der Waals surface area contributed by atoms with E-state index in [0.29, 0.717) is 10.8 Å². The molecular formula is C14H10ClFN2O. The van der Waals surface area contributed by atoms with Gasteiger partial charge in [0.1, 0.15) is 5.82 Å². The van der Waals surface area contributed by atoms with Gasteiger partial charge in [-0.15, -0.1) is 0 Å². The van der Waals surface area contributed by atoms with Crippen LogP contribution in [-0.4, -0.2) is 17.1 Å². The fraction of sp³-hybridized carbons (Fsp3) is 0.0714. The van der Waals surface area contributed by atoms with Gasteiger partial charge in [-0.3, -0.25) is 0 Å². The summed E-state index contributed by atoms with van der Waals surface area (Å²) in [5, 5.41) is 0.638. The number of methoxy groups -OCH3 is 1. The van der Waals surface area contributed by atoms with Crippen LogP contribution in [0.4, 0.5) is 4.39 Å². The molecule has 0 aliphatic heterocycles. The molecule has 3 rings (SSSR count). The third kappa shape index (κ3) is 2.15. The smallest absolute Gasteiger partial charge is 0.165 e.